The molecule has 0 aromatic heterocycles. The first-order chi connectivity index (χ1) is 9.86. The topological polar surface area (TPSA) is 12.4 Å². The van der Waals surface area contributed by atoms with Crippen molar-refractivity contribution < 1.29 is 0 Å². The summed E-state index contributed by atoms with van der Waals surface area (Å²) in [6.45, 7) is 9.10. The predicted octanol–water partition coefficient (Wildman–Crippen LogP) is 5.46. The van der Waals surface area contributed by atoms with Gasteiger partial charge in [0.1, 0.15) is 0 Å². The summed E-state index contributed by atoms with van der Waals surface area (Å²) in [7, 11) is 0. The first-order valence-electron chi connectivity index (χ1n) is 7.55. The van der Waals surface area contributed by atoms with Crippen molar-refractivity contribution in [1.29, 1.82) is 0 Å². The Balaban J connectivity index is 0.000000956. The van der Waals surface area contributed by atoms with E-state index in [-0.39, 0.29) is 0 Å². The van der Waals surface area contributed by atoms with Gasteiger partial charge in [0.15, 0.2) is 0 Å². The van der Waals surface area contributed by atoms with Gasteiger partial charge in [-0.3, -0.25) is 4.99 Å². The third-order valence-corrected chi connectivity index (χ3v) is 3.03. The summed E-state index contributed by atoms with van der Waals surface area (Å²) < 4.78 is 0. The van der Waals surface area contributed by atoms with Gasteiger partial charge in [0.2, 0.25) is 0 Å². The molecule has 0 atom stereocenters. The minimum atomic E-state index is 0.822. The van der Waals surface area contributed by atoms with E-state index in [1.165, 1.54) is 16.7 Å². The number of hydrogen-bond donors (Lipinski definition) is 0. The molecule has 1 heteroatoms. The molecule has 1 aromatic carbocycles. The predicted molar refractivity (Wildman–Crippen MR) is 91.3 cm³/mol. The molecule has 1 nitrogen and oxygen atoms in total. The van der Waals surface area contributed by atoms with E-state index in [4.69, 9.17) is 0 Å². The maximum absolute atomic E-state index is 4.58. The second-order valence-corrected chi connectivity index (χ2v) is 4.19. The molecule has 0 saturated heterocycles. The molecule has 20 heavy (non-hydrogen) atoms. The lowest BCUT2D eigenvalue weighted by Crippen LogP contribution is -2.04. The number of nitrogens with zero attached hydrogens (tertiary/aromatic N) is 1. The van der Waals surface area contributed by atoms with E-state index in [0.29, 0.717) is 0 Å². The van der Waals surface area contributed by atoms with Crippen LogP contribution < -0.4 is 0 Å². The molecule has 0 spiro atoms. The van der Waals surface area contributed by atoms with Crippen molar-refractivity contribution in [3.8, 4) is 0 Å². The van der Waals surface area contributed by atoms with E-state index in [1.807, 2.05) is 13.8 Å². The van der Waals surface area contributed by atoms with Gasteiger partial charge in [-0.25, -0.2) is 0 Å². The van der Waals surface area contributed by atoms with Crippen LogP contribution in [0.2, 0.25) is 0 Å². The largest absolute Gasteiger partial charge is 0.285 e. The third-order valence-electron chi connectivity index (χ3n) is 3.03. The van der Waals surface area contributed by atoms with E-state index >= 15 is 0 Å². The van der Waals surface area contributed by atoms with E-state index in [0.717, 1.165) is 18.7 Å². The number of hydrogen-bond acceptors (Lipinski definition) is 1. The van der Waals surface area contributed by atoms with Crippen LogP contribution in [-0.2, 0) is 0 Å². The average Bonchev–Trinajstić information content (AvgIpc) is 2.53. The Labute approximate surface area is 123 Å². The molecule has 0 N–H and O–H groups in total. The Kier molecular flexibility index (Phi) is 7.34. The molecule has 1 aliphatic rings. The summed E-state index contributed by atoms with van der Waals surface area (Å²) >= 11 is 0. The Bertz CT molecular complexity index is 516. The van der Waals surface area contributed by atoms with Crippen LogP contribution in [0.1, 0.15) is 39.7 Å². The maximum atomic E-state index is 4.58. The Morgan fingerprint density at radius 1 is 0.950 bits per heavy atom. The molecule has 0 fully saturated rings. The molecule has 0 unspecified atom stereocenters. The zero-order chi connectivity index (χ0) is 14.8. The molecular weight excluding hydrogens is 242 g/mol. The fourth-order valence-electron chi connectivity index (χ4n) is 2.23. The summed E-state index contributed by atoms with van der Waals surface area (Å²) in [5.41, 5.74) is 5.01. The molecule has 1 aliphatic carbocycles. The summed E-state index contributed by atoms with van der Waals surface area (Å²) in [6.07, 6.45) is 9.41. The van der Waals surface area contributed by atoms with Gasteiger partial charge in [-0.2, -0.15) is 0 Å². The summed E-state index contributed by atoms with van der Waals surface area (Å²) in [4.78, 5) is 4.58. The second-order valence-electron chi connectivity index (χ2n) is 4.19. The van der Waals surface area contributed by atoms with E-state index in [2.05, 4.69) is 73.5 Å². The Hall–Kier alpha value is -1.89. The highest BCUT2D eigenvalue weighted by Crippen LogP contribution is 2.25. The minimum Gasteiger partial charge on any atom is -0.285 e. The van der Waals surface area contributed by atoms with Gasteiger partial charge in [0.05, 0.1) is 5.71 Å². The number of aliphatic imine (C=N–C) groups is 1. The van der Waals surface area contributed by atoms with Crippen LogP contribution in [0.25, 0.3) is 5.57 Å². The highest BCUT2D eigenvalue weighted by atomic mass is 14.7. The SMILES string of the molecule is CC.CCN=C1C=CC=C/C1=C(\CC)c1ccccc1. The van der Waals surface area contributed by atoms with Crippen LogP contribution in [0.5, 0.6) is 0 Å². The van der Waals surface area contributed by atoms with Crippen molar-refractivity contribution in [3.63, 3.8) is 0 Å². The fraction of sp³-hybridized carbons (Fsp3) is 0.316. The molecule has 0 saturated carbocycles. The molecule has 0 radical (unpaired) electrons. The van der Waals surface area contributed by atoms with Gasteiger partial charge in [-0.1, -0.05) is 69.3 Å². The third kappa shape index (κ3) is 4.06. The van der Waals surface area contributed by atoms with Crippen LogP contribution in [-0.4, -0.2) is 12.3 Å². The van der Waals surface area contributed by atoms with E-state index in [1.54, 1.807) is 0 Å². The van der Waals surface area contributed by atoms with Gasteiger partial charge < -0.3 is 0 Å². The first-order valence-corrected chi connectivity index (χ1v) is 7.55. The highest BCUT2D eigenvalue weighted by molar-refractivity contribution is 6.16. The van der Waals surface area contributed by atoms with E-state index < -0.39 is 0 Å². The van der Waals surface area contributed by atoms with Gasteiger partial charge in [0.25, 0.3) is 0 Å². The van der Waals surface area contributed by atoms with Crippen molar-refractivity contribution in [3.05, 3.63) is 65.8 Å². The fourth-order valence-corrected chi connectivity index (χ4v) is 2.23. The number of rotatable bonds is 3. The van der Waals surface area contributed by atoms with Crippen LogP contribution in [0.3, 0.4) is 0 Å². The molecule has 1 aromatic rings. The molecule has 0 aliphatic heterocycles. The van der Waals surface area contributed by atoms with Crippen molar-refractivity contribution in [2.45, 2.75) is 34.1 Å². The minimum absolute atomic E-state index is 0.822. The van der Waals surface area contributed by atoms with Crippen molar-refractivity contribution >= 4 is 11.3 Å². The Morgan fingerprint density at radius 2 is 1.60 bits per heavy atom. The highest BCUT2D eigenvalue weighted by Gasteiger charge is 2.10. The number of benzene rings is 1. The van der Waals surface area contributed by atoms with Gasteiger partial charge in [-0.15, -0.1) is 0 Å². The van der Waals surface area contributed by atoms with Gasteiger partial charge in [-0.05, 0) is 30.6 Å². The standard InChI is InChI=1S/C17H19N.C2H6/c1-3-15(14-10-6-5-7-11-14)16-12-8-9-13-17(16)18-4-2;1-2/h5-13H,3-4H2,1-2H3;1-2H3/b16-15-,18-17?;. The monoisotopic (exact) mass is 267 g/mol. The lowest BCUT2D eigenvalue weighted by Gasteiger charge is -2.14. The molecule has 0 bridgehead atoms. The van der Waals surface area contributed by atoms with Gasteiger partial charge >= 0.3 is 0 Å². The van der Waals surface area contributed by atoms with Crippen molar-refractivity contribution in [2.24, 2.45) is 4.99 Å². The smallest absolute Gasteiger partial charge is 0.0649 e. The van der Waals surface area contributed by atoms with E-state index in [9.17, 15) is 0 Å². The maximum Gasteiger partial charge on any atom is 0.0649 e. The molecular formula is C19H25N. The lowest BCUT2D eigenvalue weighted by molar-refractivity contribution is 1.13. The zero-order valence-electron chi connectivity index (χ0n) is 13.1. The first kappa shape index (κ1) is 16.2. The molecule has 0 amide bonds. The van der Waals surface area contributed by atoms with Gasteiger partial charge in [0, 0.05) is 12.1 Å². The molecule has 106 valence electrons. The second kappa shape index (κ2) is 9.08. The normalized spacial score (nSPS) is 17.7. The van der Waals surface area contributed by atoms with Crippen molar-refractivity contribution in [1.82, 2.24) is 0 Å². The summed E-state index contributed by atoms with van der Waals surface area (Å²) in [5, 5.41) is 0. The summed E-state index contributed by atoms with van der Waals surface area (Å²) in [6, 6.07) is 10.6. The lowest BCUT2D eigenvalue weighted by atomic mass is 9.92. The molecule has 0 heterocycles. The van der Waals surface area contributed by atoms with Crippen molar-refractivity contribution in [2.75, 3.05) is 6.54 Å². The van der Waals surface area contributed by atoms with Crippen LogP contribution in [0.4, 0.5) is 0 Å². The summed E-state index contributed by atoms with van der Waals surface area (Å²) in [5.74, 6) is 0. The average molecular weight is 267 g/mol. The number of allylic oxidation sites excluding steroid dienone is 6. The molecule has 2 rings (SSSR count). The van der Waals surface area contributed by atoms with Crippen LogP contribution in [0, 0.1) is 0 Å². The Morgan fingerprint density at radius 3 is 2.20 bits per heavy atom. The zero-order valence-corrected chi connectivity index (χ0v) is 13.1. The van der Waals surface area contributed by atoms with Crippen LogP contribution in [0.15, 0.2) is 65.2 Å². The van der Waals surface area contributed by atoms with Crippen LogP contribution >= 0.6 is 0 Å². The quantitative estimate of drug-likeness (QED) is 0.689.